The summed E-state index contributed by atoms with van der Waals surface area (Å²) >= 11 is 0. The lowest BCUT2D eigenvalue weighted by Gasteiger charge is -2.16. The van der Waals surface area contributed by atoms with Gasteiger partial charge in [-0.2, -0.15) is 0 Å². The summed E-state index contributed by atoms with van der Waals surface area (Å²) < 4.78 is 5.27. The second kappa shape index (κ2) is 6.32. The van der Waals surface area contributed by atoms with Gasteiger partial charge in [0, 0.05) is 32.6 Å². The van der Waals surface area contributed by atoms with Gasteiger partial charge >= 0.3 is 0 Å². The first-order valence-electron chi connectivity index (χ1n) is 6.21. The van der Waals surface area contributed by atoms with Crippen molar-refractivity contribution in [3.63, 3.8) is 0 Å². The van der Waals surface area contributed by atoms with Crippen LogP contribution in [-0.2, 0) is 4.74 Å². The minimum Gasteiger partial charge on any atom is -0.380 e. The lowest BCUT2D eigenvalue weighted by atomic mass is 10.1. The molecule has 1 fully saturated rings. The van der Waals surface area contributed by atoms with Crippen molar-refractivity contribution in [1.29, 1.82) is 0 Å². The third-order valence-corrected chi connectivity index (χ3v) is 3.14. The van der Waals surface area contributed by atoms with Gasteiger partial charge in [-0.15, -0.1) is 0 Å². The Morgan fingerprint density at radius 2 is 2.53 bits per heavy atom. The average Bonchev–Trinajstić information content (AvgIpc) is 2.93. The second-order valence-corrected chi connectivity index (χ2v) is 4.32. The summed E-state index contributed by atoms with van der Waals surface area (Å²) in [5.41, 5.74) is 6.56. The maximum Gasteiger partial charge on any atom is 0.255 e. The van der Waals surface area contributed by atoms with Gasteiger partial charge in [-0.05, 0) is 12.5 Å². The van der Waals surface area contributed by atoms with Crippen LogP contribution < -0.4 is 5.73 Å². The number of hydrogen-bond acceptors (Lipinski definition) is 4. The highest BCUT2D eigenvalue weighted by Gasteiger charge is 2.27. The first-order valence-corrected chi connectivity index (χ1v) is 6.21. The Hall–Kier alpha value is -1.90. The molecule has 1 aromatic heterocycles. The zero-order valence-corrected chi connectivity index (χ0v) is 10.9. The lowest BCUT2D eigenvalue weighted by molar-refractivity contribution is 0.0724. The van der Waals surface area contributed by atoms with Gasteiger partial charge in [0.25, 0.3) is 5.91 Å². The van der Waals surface area contributed by atoms with Gasteiger partial charge in [0.2, 0.25) is 0 Å². The molecule has 1 aromatic rings. The molecule has 1 atom stereocenters. The predicted octanol–water partition coefficient (Wildman–Crippen LogP) is 0.253. The van der Waals surface area contributed by atoms with E-state index in [0.717, 1.165) is 6.42 Å². The zero-order valence-electron chi connectivity index (χ0n) is 10.9. The van der Waals surface area contributed by atoms with Gasteiger partial charge in [-0.1, -0.05) is 11.8 Å². The van der Waals surface area contributed by atoms with Crippen molar-refractivity contribution >= 4 is 5.91 Å². The van der Waals surface area contributed by atoms with Crippen LogP contribution in [0, 0.1) is 11.8 Å². The molecule has 1 unspecified atom stereocenters. The van der Waals surface area contributed by atoms with E-state index in [0.29, 0.717) is 24.2 Å². The summed E-state index contributed by atoms with van der Waals surface area (Å²) in [4.78, 5) is 18.2. The number of hydrogen-bond donors (Lipinski definition) is 1. The van der Waals surface area contributed by atoms with Crippen LogP contribution in [0.5, 0.6) is 0 Å². The van der Waals surface area contributed by atoms with Gasteiger partial charge in [0.05, 0.1) is 23.8 Å². The van der Waals surface area contributed by atoms with Crippen molar-refractivity contribution in [2.75, 3.05) is 26.7 Å². The quantitative estimate of drug-likeness (QED) is 0.773. The molecular formula is C14H17N3O2. The van der Waals surface area contributed by atoms with Crippen LogP contribution in [0.2, 0.25) is 0 Å². The highest BCUT2D eigenvalue weighted by Crippen LogP contribution is 2.17. The van der Waals surface area contributed by atoms with E-state index in [4.69, 9.17) is 10.5 Å². The smallest absolute Gasteiger partial charge is 0.255 e. The van der Waals surface area contributed by atoms with E-state index >= 15 is 0 Å². The van der Waals surface area contributed by atoms with E-state index in [2.05, 4.69) is 16.8 Å². The van der Waals surface area contributed by atoms with Crippen molar-refractivity contribution in [2.45, 2.75) is 12.5 Å². The number of methoxy groups -OCH3 is 1. The molecule has 2 heterocycles. The van der Waals surface area contributed by atoms with Crippen LogP contribution in [0.25, 0.3) is 0 Å². The van der Waals surface area contributed by atoms with Crippen molar-refractivity contribution in [3.05, 3.63) is 29.6 Å². The van der Waals surface area contributed by atoms with Gasteiger partial charge < -0.3 is 15.4 Å². The van der Waals surface area contributed by atoms with Gasteiger partial charge in [0.1, 0.15) is 0 Å². The Bertz CT molecular complexity index is 519. The molecule has 19 heavy (non-hydrogen) atoms. The monoisotopic (exact) mass is 259 g/mol. The molecule has 5 heteroatoms. The molecule has 0 spiro atoms. The van der Waals surface area contributed by atoms with E-state index in [1.807, 2.05) is 0 Å². The SMILES string of the molecule is COC1CCN(C(=O)c2ccncc2C#CCN)C1. The van der Waals surface area contributed by atoms with Crippen LogP contribution in [0.1, 0.15) is 22.3 Å². The highest BCUT2D eigenvalue weighted by atomic mass is 16.5. The Morgan fingerprint density at radius 1 is 1.68 bits per heavy atom. The van der Waals surface area contributed by atoms with E-state index in [9.17, 15) is 4.79 Å². The predicted molar refractivity (Wildman–Crippen MR) is 71.5 cm³/mol. The number of nitrogens with two attached hydrogens (primary N) is 1. The molecule has 0 bridgehead atoms. The average molecular weight is 259 g/mol. The summed E-state index contributed by atoms with van der Waals surface area (Å²) in [6, 6.07) is 1.70. The molecule has 1 aliphatic heterocycles. The number of amides is 1. The summed E-state index contributed by atoms with van der Waals surface area (Å²) in [6.45, 7) is 1.60. The molecule has 0 radical (unpaired) electrons. The molecule has 1 saturated heterocycles. The number of carbonyl (C=O) groups is 1. The Balaban J connectivity index is 2.20. The molecule has 2 N–H and O–H groups in total. The zero-order chi connectivity index (χ0) is 13.7. The van der Waals surface area contributed by atoms with Crippen molar-refractivity contribution in [3.8, 4) is 11.8 Å². The largest absolute Gasteiger partial charge is 0.380 e. The Kier molecular flexibility index (Phi) is 4.50. The first-order chi connectivity index (χ1) is 9.26. The van der Waals surface area contributed by atoms with Crippen molar-refractivity contribution in [2.24, 2.45) is 5.73 Å². The molecule has 0 saturated carbocycles. The maximum absolute atomic E-state index is 12.4. The van der Waals surface area contributed by atoms with Gasteiger partial charge in [-0.25, -0.2) is 0 Å². The standard InChI is InChI=1S/C14H17N3O2/c1-19-12-5-8-17(10-12)14(18)13-4-7-16-9-11(13)3-2-6-15/h4,7,9,12H,5-6,8,10,15H2,1H3. The number of rotatable bonds is 2. The second-order valence-electron chi connectivity index (χ2n) is 4.32. The van der Waals surface area contributed by atoms with Crippen molar-refractivity contribution < 1.29 is 9.53 Å². The molecule has 2 rings (SSSR count). The van der Waals surface area contributed by atoms with Crippen LogP contribution >= 0.6 is 0 Å². The van der Waals surface area contributed by atoms with E-state index in [-0.39, 0.29) is 18.6 Å². The van der Waals surface area contributed by atoms with Crippen LogP contribution in [0.3, 0.4) is 0 Å². The number of likely N-dealkylation sites (tertiary alicyclic amines) is 1. The summed E-state index contributed by atoms with van der Waals surface area (Å²) in [5, 5.41) is 0. The normalized spacial score (nSPS) is 18.0. The van der Waals surface area contributed by atoms with Gasteiger partial charge in [0.15, 0.2) is 0 Å². The fourth-order valence-corrected chi connectivity index (χ4v) is 2.10. The van der Waals surface area contributed by atoms with E-state index in [1.165, 1.54) is 0 Å². The number of nitrogens with zero attached hydrogens (tertiary/aromatic N) is 2. The summed E-state index contributed by atoms with van der Waals surface area (Å²) in [7, 11) is 1.67. The molecule has 1 aliphatic rings. The Morgan fingerprint density at radius 3 is 3.21 bits per heavy atom. The van der Waals surface area contributed by atoms with Crippen LogP contribution in [-0.4, -0.2) is 48.6 Å². The molecule has 100 valence electrons. The van der Waals surface area contributed by atoms with E-state index in [1.54, 1.807) is 30.5 Å². The molecule has 5 nitrogen and oxygen atoms in total. The molecular weight excluding hydrogens is 242 g/mol. The number of pyridine rings is 1. The number of ether oxygens (including phenoxy) is 1. The van der Waals surface area contributed by atoms with Crippen LogP contribution in [0.15, 0.2) is 18.5 Å². The lowest BCUT2D eigenvalue weighted by Crippen LogP contribution is -2.30. The number of aromatic nitrogens is 1. The fraction of sp³-hybridized carbons (Fsp3) is 0.429. The third-order valence-electron chi connectivity index (χ3n) is 3.14. The van der Waals surface area contributed by atoms with Gasteiger partial charge in [-0.3, -0.25) is 9.78 Å². The minimum absolute atomic E-state index is 0.0247. The van der Waals surface area contributed by atoms with Crippen molar-refractivity contribution in [1.82, 2.24) is 9.88 Å². The topological polar surface area (TPSA) is 68.5 Å². The van der Waals surface area contributed by atoms with E-state index < -0.39 is 0 Å². The summed E-state index contributed by atoms with van der Waals surface area (Å²) in [6.07, 6.45) is 4.20. The summed E-state index contributed by atoms with van der Waals surface area (Å²) in [5.74, 6) is 5.61. The third kappa shape index (κ3) is 3.11. The molecule has 0 aliphatic carbocycles. The fourth-order valence-electron chi connectivity index (χ4n) is 2.10. The molecule has 1 amide bonds. The van der Waals surface area contributed by atoms with Crippen LogP contribution in [0.4, 0.5) is 0 Å². The minimum atomic E-state index is -0.0247. The number of carbonyl (C=O) groups excluding carboxylic acids is 1. The maximum atomic E-state index is 12.4. The highest BCUT2D eigenvalue weighted by molar-refractivity contribution is 5.96. The first kappa shape index (κ1) is 13.5. The Labute approximate surface area is 112 Å². The molecule has 0 aromatic carbocycles.